The fourth-order valence-electron chi connectivity index (χ4n) is 5.42. The van der Waals surface area contributed by atoms with Gasteiger partial charge in [0, 0.05) is 18.4 Å². The van der Waals surface area contributed by atoms with Gasteiger partial charge in [0.1, 0.15) is 12.4 Å². The number of carbonyl (C=O) groups excluding carboxylic acids is 1. The zero-order valence-electron chi connectivity index (χ0n) is 29.6. The number of hydroxylamine groups is 1. The van der Waals surface area contributed by atoms with E-state index < -0.39 is 111 Å². The number of rotatable bonds is 20. The molecule has 0 radical (unpaired) electrons. The van der Waals surface area contributed by atoms with Gasteiger partial charge in [0.25, 0.3) is 5.91 Å². The van der Waals surface area contributed by atoms with Gasteiger partial charge in [-0.05, 0) is 41.7 Å². The molecular weight excluding hydrogens is 817 g/mol. The number of nitrogens with one attached hydrogen (secondary N) is 1. The third-order valence-electron chi connectivity index (χ3n) is 9.18. The fraction of sp³-hybridized carbons (Fsp3) is 0.710. The standard InChI is InChI=1S/C31H38F17NO5Si/c1-16(2)55(17(3)4,54-13-12-53-21-9-7-20(8-10-21)23(51)19(6)18(5)15-22(50)49-52)14-11-24(32,33)25(34,35)26(36,37)27(38,39)28(40,41)29(42,43)30(44,45)31(46,47)48/h7-10,15-17,19,23,51-52H,11-14H2,1-6H3,(H,49,50)/b18-15+/t19-,23+/m1/s1. The zero-order valence-corrected chi connectivity index (χ0v) is 30.6. The molecule has 24 heteroatoms. The van der Waals surface area contributed by atoms with Crippen LogP contribution in [0.25, 0.3) is 0 Å². The molecule has 3 N–H and O–H groups in total. The minimum atomic E-state index is -8.69. The van der Waals surface area contributed by atoms with Gasteiger partial charge in [-0.2, -0.15) is 74.6 Å². The topological polar surface area (TPSA) is 88.0 Å². The number of hydrogen-bond donors (Lipinski definition) is 3. The van der Waals surface area contributed by atoms with Gasteiger partial charge in [0.2, 0.25) is 0 Å². The van der Waals surface area contributed by atoms with Crippen molar-refractivity contribution in [1.29, 1.82) is 0 Å². The summed E-state index contributed by atoms with van der Waals surface area (Å²) in [6.07, 6.45) is -10.5. The average molecular weight is 856 g/mol. The SMILES string of the molecule is C/C(=C\C(=O)NO)[C@@H](C)[C@H](O)c1ccc(OCCO[Si](CCC(F)(F)C(F)(F)C(F)(F)C(F)(F)C(F)(F)C(F)(F)C(F)(F)C(F)(F)F)(C(C)C)C(C)C)cc1. The first-order valence-electron chi connectivity index (χ1n) is 15.9. The van der Waals surface area contributed by atoms with Crippen LogP contribution in [-0.2, 0) is 9.22 Å². The van der Waals surface area contributed by atoms with Crippen molar-refractivity contribution in [3.8, 4) is 5.75 Å². The van der Waals surface area contributed by atoms with E-state index in [1.807, 2.05) is 0 Å². The molecule has 0 fully saturated rings. The van der Waals surface area contributed by atoms with Crippen LogP contribution in [0.1, 0.15) is 59.6 Å². The lowest BCUT2D eigenvalue weighted by Gasteiger charge is -2.44. The Morgan fingerprint density at radius 3 is 1.53 bits per heavy atom. The van der Waals surface area contributed by atoms with Crippen LogP contribution in [0.5, 0.6) is 5.75 Å². The monoisotopic (exact) mass is 855 g/mol. The number of halogens is 17. The Kier molecular flexibility index (Phi) is 15.4. The average Bonchev–Trinajstić information content (AvgIpc) is 3.05. The van der Waals surface area contributed by atoms with Gasteiger partial charge in [-0.1, -0.05) is 52.3 Å². The van der Waals surface area contributed by atoms with E-state index >= 15 is 0 Å². The van der Waals surface area contributed by atoms with E-state index in [1.165, 1.54) is 64.4 Å². The number of carbonyl (C=O) groups is 1. The van der Waals surface area contributed by atoms with Crippen molar-refractivity contribution in [3.05, 3.63) is 41.5 Å². The molecule has 0 heterocycles. The Balaban J connectivity index is 3.25. The summed E-state index contributed by atoms with van der Waals surface area (Å²) in [6.45, 7) is 7.44. The molecule has 0 saturated heterocycles. The van der Waals surface area contributed by atoms with Crippen LogP contribution in [0, 0.1) is 5.92 Å². The molecule has 0 aliphatic heterocycles. The van der Waals surface area contributed by atoms with E-state index in [2.05, 4.69) is 0 Å². The van der Waals surface area contributed by atoms with E-state index in [0.717, 1.165) is 6.08 Å². The highest BCUT2D eigenvalue weighted by molar-refractivity contribution is 6.76. The van der Waals surface area contributed by atoms with Crippen molar-refractivity contribution < 1.29 is 98.9 Å². The van der Waals surface area contributed by atoms with Crippen LogP contribution in [-0.4, -0.2) is 85.4 Å². The Bertz CT molecular complexity index is 1460. The van der Waals surface area contributed by atoms with Crippen molar-refractivity contribution in [3.63, 3.8) is 0 Å². The lowest BCUT2D eigenvalue weighted by Crippen LogP contribution is -2.74. The van der Waals surface area contributed by atoms with Gasteiger partial charge in [-0.3, -0.25) is 10.0 Å². The molecule has 0 bridgehead atoms. The molecular formula is C31H38F17NO5Si. The number of aliphatic hydroxyl groups excluding tert-OH is 1. The second kappa shape index (κ2) is 16.9. The minimum Gasteiger partial charge on any atom is -0.491 e. The highest BCUT2D eigenvalue weighted by Gasteiger charge is 2.95. The van der Waals surface area contributed by atoms with Crippen molar-refractivity contribution in [2.24, 2.45) is 5.92 Å². The van der Waals surface area contributed by atoms with Crippen LogP contribution >= 0.6 is 0 Å². The minimum absolute atomic E-state index is 0.130. The molecule has 1 aromatic carbocycles. The first kappa shape index (κ1) is 50.2. The molecule has 0 unspecified atom stereocenters. The Hall–Kier alpha value is -2.86. The Labute approximate surface area is 304 Å². The number of benzene rings is 1. The lowest BCUT2D eigenvalue weighted by molar-refractivity contribution is -0.461. The van der Waals surface area contributed by atoms with E-state index in [4.69, 9.17) is 14.4 Å². The molecule has 1 aromatic rings. The summed E-state index contributed by atoms with van der Waals surface area (Å²) in [5, 5.41) is 19.3. The number of alkyl halides is 17. The molecule has 0 spiro atoms. The Morgan fingerprint density at radius 1 is 0.709 bits per heavy atom. The third-order valence-corrected chi connectivity index (χ3v) is 14.9. The number of ether oxygens (including phenoxy) is 1. The molecule has 6 nitrogen and oxygen atoms in total. The molecule has 0 saturated carbocycles. The van der Waals surface area contributed by atoms with Gasteiger partial charge in [-0.25, -0.2) is 5.48 Å². The summed E-state index contributed by atoms with van der Waals surface area (Å²) in [5.41, 5.74) is 0.409. The van der Waals surface area contributed by atoms with Gasteiger partial charge >= 0.3 is 47.6 Å². The van der Waals surface area contributed by atoms with Crippen molar-refractivity contribution >= 4 is 14.2 Å². The molecule has 1 amide bonds. The third kappa shape index (κ3) is 9.31. The molecule has 320 valence electrons. The van der Waals surface area contributed by atoms with Crippen LogP contribution in [0.3, 0.4) is 0 Å². The quantitative estimate of drug-likeness (QED) is 0.0304. The van der Waals surface area contributed by atoms with Gasteiger partial charge in [-0.15, -0.1) is 0 Å². The second-order valence-electron chi connectivity index (χ2n) is 13.3. The summed E-state index contributed by atoms with van der Waals surface area (Å²) in [6, 6.07) is 4.24. The lowest BCUT2D eigenvalue weighted by atomic mass is 9.88. The second-order valence-corrected chi connectivity index (χ2v) is 18.3. The molecule has 1 rings (SSSR count). The normalized spacial score (nSPS) is 16.1. The number of aliphatic hydroxyl groups is 1. The first-order chi connectivity index (χ1) is 24.5. The van der Waals surface area contributed by atoms with Gasteiger partial charge in [0.05, 0.1) is 12.7 Å². The number of amides is 1. The zero-order chi connectivity index (χ0) is 43.6. The van der Waals surface area contributed by atoms with E-state index in [9.17, 15) is 84.5 Å². The van der Waals surface area contributed by atoms with Crippen molar-refractivity contribution in [2.75, 3.05) is 13.2 Å². The predicted molar refractivity (Wildman–Crippen MR) is 162 cm³/mol. The summed E-state index contributed by atoms with van der Waals surface area (Å²) >= 11 is 0. The largest absolute Gasteiger partial charge is 0.491 e. The molecule has 0 aromatic heterocycles. The van der Waals surface area contributed by atoms with Crippen LogP contribution < -0.4 is 10.2 Å². The van der Waals surface area contributed by atoms with Crippen LogP contribution in [0.4, 0.5) is 74.6 Å². The number of hydrogen-bond acceptors (Lipinski definition) is 5. The van der Waals surface area contributed by atoms with Crippen LogP contribution in [0.2, 0.25) is 17.1 Å². The molecule has 2 atom stereocenters. The smallest absolute Gasteiger partial charge is 0.460 e. The summed E-state index contributed by atoms with van der Waals surface area (Å²) in [4.78, 5) is 11.3. The van der Waals surface area contributed by atoms with E-state index in [0.29, 0.717) is 11.1 Å². The highest BCUT2D eigenvalue weighted by atomic mass is 28.4. The molecule has 55 heavy (non-hydrogen) atoms. The molecule has 0 aliphatic rings. The maximum atomic E-state index is 14.8. The highest BCUT2D eigenvalue weighted by Crippen LogP contribution is 2.64. The van der Waals surface area contributed by atoms with Crippen molar-refractivity contribution in [2.45, 2.75) is 119 Å². The molecule has 0 aliphatic carbocycles. The predicted octanol–water partition coefficient (Wildman–Crippen LogP) is 10.4. The van der Waals surface area contributed by atoms with Gasteiger partial charge < -0.3 is 14.3 Å². The van der Waals surface area contributed by atoms with Crippen molar-refractivity contribution in [1.82, 2.24) is 5.48 Å². The maximum Gasteiger partial charge on any atom is 0.460 e. The van der Waals surface area contributed by atoms with E-state index in [1.54, 1.807) is 6.92 Å². The fourth-order valence-corrected chi connectivity index (χ4v) is 9.88. The maximum absolute atomic E-state index is 14.8. The van der Waals surface area contributed by atoms with Crippen LogP contribution in [0.15, 0.2) is 35.9 Å². The van der Waals surface area contributed by atoms with Gasteiger partial charge in [0.15, 0.2) is 8.32 Å². The van der Waals surface area contributed by atoms with E-state index in [-0.39, 0.29) is 5.75 Å². The summed E-state index contributed by atoms with van der Waals surface area (Å²) in [7, 11) is -3.96. The first-order valence-corrected chi connectivity index (χ1v) is 18.1. The Morgan fingerprint density at radius 2 is 1.13 bits per heavy atom. The summed E-state index contributed by atoms with van der Waals surface area (Å²) in [5.74, 6) is -58.0. The summed E-state index contributed by atoms with van der Waals surface area (Å²) < 4.78 is 245.